The molecule has 2 aromatic rings. The number of thioether (sulfide) groups is 1. The van der Waals surface area contributed by atoms with Gasteiger partial charge in [0.05, 0.1) is 31.2 Å². The first kappa shape index (κ1) is 21.8. The number of aryl methyl sites for hydroxylation is 1. The molecule has 0 aromatic heterocycles. The number of fused-ring (bicyclic) bond motifs is 1. The van der Waals surface area contributed by atoms with Gasteiger partial charge >= 0.3 is 0 Å². The lowest BCUT2D eigenvalue weighted by atomic mass is 9.96. The Morgan fingerprint density at radius 1 is 1.15 bits per heavy atom. The van der Waals surface area contributed by atoms with Gasteiger partial charge in [0.15, 0.2) is 11.5 Å². The summed E-state index contributed by atoms with van der Waals surface area (Å²) in [6.45, 7) is 2.93. The lowest BCUT2D eigenvalue weighted by Gasteiger charge is -2.33. The highest BCUT2D eigenvalue weighted by Crippen LogP contribution is 2.35. The van der Waals surface area contributed by atoms with E-state index in [0.717, 1.165) is 54.9 Å². The Morgan fingerprint density at radius 2 is 1.97 bits per heavy atom. The van der Waals surface area contributed by atoms with Gasteiger partial charge in [-0.25, -0.2) is 5.43 Å². The fourth-order valence-electron chi connectivity index (χ4n) is 4.37. The maximum absolute atomic E-state index is 11.6. The number of aliphatic imine (C=N–C) groups is 1. The summed E-state index contributed by atoms with van der Waals surface area (Å²) in [5.41, 5.74) is 8.05. The zero-order valence-corrected chi connectivity index (χ0v) is 19.9. The van der Waals surface area contributed by atoms with Gasteiger partial charge in [0.25, 0.3) is 5.24 Å². The molecule has 1 aliphatic carbocycles. The van der Waals surface area contributed by atoms with E-state index in [1.54, 1.807) is 14.2 Å². The molecule has 2 heterocycles. The van der Waals surface area contributed by atoms with Crippen molar-refractivity contribution in [2.24, 2.45) is 10.1 Å². The number of hydrogen-bond acceptors (Lipinski definition) is 6. The Morgan fingerprint density at radius 3 is 2.70 bits per heavy atom. The number of rotatable bonds is 5. The molecular formula is C25H28N4O3S. The van der Waals surface area contributed by atoms with Gasteiger partial charge in [0.2, 0.25) is 0 Å². The minimum Gasteiger partial charge on any atom is -0.493 e. The number of hydrazone groups is 1. The average molecular weight is 465 g/mol. The van der Waals surface area contributed by atoms with E-state index in [9.17, 15) is 4.79 Å². The van der Waals surface area contributed by atoms with Gasteiger partial charge in [0, 0.05) is 17.8 Å². The summed E-state index contributed by atoms with van der Waals surface area (Å²) in [5.74, 6) is 2.40. The third-order valence-corrected chi connectivity index (χ3v) is 7.06. The standard InChI is InChI=1S/C25H28N4O3S/c1-15-23(27-28-25(30)33-15)17-6-10-20-16(13-17)5-4-12-29(20)24(26-19-8-9-19)18-7-11-21(31-2)22(14-18)32-3/h6-7,10-11,13-15,19H,4-5,8-9,12H2,1-3H3,(H,28,30)/b26-24-. The van der Waals surface area contributed by atoms with Crippen molar-refractivity contribution in [2.75, 3.05) is 25.7 Å². The number of carbonyl (C=O) groups excluding carboxylic acids is 1. The van der Waals surface area contributed by atoms with Crippen LogP contribution in [0.5, 0.6) is 11.5 Å². The number of anilines is 1. The van der Waals surface area contributed by atoms with Crippen LogP contribution in [0, 0.1) is 0 Å². The monoisotopic (exact) mass is 464 g/mol. The molecule has 1 N–H and O–H groups in total. The summed E-state index contributed by atoms with van der Waals surface area (Å²) in [4.78, 5) is 19.1. The number of benzene rings is 2. The number of amidine groups is 1. The Labute approximate surface area is 198 Å². The van der Waals surface area contributed by atoms with Crippen molar-refractivity contribution < 1.29 is 14.3 Å². The van der Waals surface area contributed by atoms with Crippen molar-refractivity contribution in [3.05, 3.63) is 53.1 Å². The van der Waals surface area contributed by atoms with Gasteiger partial charge in [-0.05, 0) is 74.1 Å². The van der Waals surface area contributed by atoms with E-state index in [-0.39, 0.29) is 10.5 Å². The maximum Gasteiger partial charge on any atom is 0.299 e. The number of nitrogens with one attached hydrogen (secondary N) is 1. The molecule has 172 valence electrons. The van der Waals surface area contributed by atoms with Crippen molar-refractivity contribution >= 4 is 34.2 Å². The third-order valence-electron chi connectivity index (χ3n) is 6.18. The van der Waals surface area contributed by atoms with Crippen molar-refractivity contribution in [3.8, 4) is 11.5 Å². The Kier molecular flexibility index (Phi) is 6.01. The SMILES string of the molecule is COc1ccc(/C(=N/C2CC2)N2CCCc3cc(C4=NNC(=O)SC4C)ccc32)cc1OC. The minimum atomic E-state index is -0.105. The topological polar surface area (TPSA) is 75.5 Å². The van der Waals surface area contributed by atoms with Gasteiger partial charge in [0.1, 0.15) is 5.84 Å². The van der Waals surface area contributed by atoms with Crippen LogP contribution >= 0.6 is 11.8 Å². The van der Waals surface area contributed by atoms with E-state index in [1.165, 1.54) is 23.0 Å². The Hall–Kier alpha value is -3.00. The van der Waals surface area contributed by atoms with E-state index >= 15 is 0 Å². The summed E-state index contributed by atoms with van der Waals surface area (Å²) < 4.78 is 11.0. The van der Waals surface area contributed by atoms with Crippen molar-refractivity contribution in [2.45, 2.75) is 43.9 Å². The molecule has 1 amide bonds. The smallest absolute Gasteiger partial charge is 0.299 e. The summed E-state index contributed by atoms with van der Waals surface area (Å²) >= 11 is 1.27. The highest BCUT2D eigenvalue weighted by molar-refractivity contribution is 8.14. The van der Waals surface area contributed by atoms with E-state index in [2.05, 4.69) is 39.7 Å². The molecule has 5 rings (SSSR count). The molecule has 33 heavy (non-hydrogen) atoms. The van der Waals surface area contributed by atoms with Crippen LogP contribution in [0.3, 0.4) is 0 Å². The first-order valence-electron chi connectivity index (χ1n) is 11.3. The second-order valence-corrected chi connectivity index (χ2v) is 9.82. The fraction of sp³-hybridized carbons (Fsp3) is 0.400. The molecule has 1 unspecified atom stereocenters. The van der Waals surface area contributed by atoms with Gasteiger partial charge in [-0.1, -0.05) is 17.8 Å². The number of methoxy groups -OCH3 is 2. The van der Waals surface area contributed by atoms with E-state index in [4.69, 9.17) is 14.5 Å². The van der Waals surface area contributed by atoms with Crippen LogP contribution in [0.4, 0.5) is 10.5 Å². The third kappa shape index (κ3) is 4.44. The first-order valence-corrected chi connectivity index (χ1v) is 12.2. The quantitative estimate of drug-likeness (QED) is 0.516. The Balaban J connectivity index is 1.52. The molecule has 0 saturated heterocycles. The normalized spacial score (nSPS) is 20.6. The first-order chi connectivity index (χ1) is 16.1. The number of carbonyl (C=O) groups is 1. The van der Waals surface area contributed by atoms with Crippen LogP contribution in [0.1, 0.15) is 42.9 Å². The number of nitrogens with zero attached hydrogens (tertiary/aromatic N) is 3. The van der Waals surface area contributed by atoms with Crippen LogP contribution in [0.2, 0.25) is 0 Å². The second kappa shape index (κ2) is 9.09. The molecule has 3 aliphatic rings. The number of ether oxygens (including phenoxy) is 2. The maximum atomic E-state index is 11.6. The highest BCUT2D eigenvalue weighted by Gasteiger charge is 2.29. The van der Waals surface area contributed by atoms with Crippen LogP contribution in [-0.4, -0.2) is 48.8 Å². The molecule has 0 spiro atoms. The molecule has 7 nitrogen and oxygen atoms in total. The van der Waals surface area contributed by atoms with Crippen LogP contribution in [0.25, 0.3) is 0 Å². The molecule has 0 bridgehead atoms. The molecule has 2 aliphatic heterocycles. The predicted molar refractivity (Wildman–Crippen MR) is 133 cm³/mol. The van der Waals surface area contributed by atoms with Crippen molar-refractivity contribution in [1.29, 1.82) is 0 Å². The molecular weight excluding hydrogens is 436 g/mol. The average Bonchev–Trinajstić information content (AvgIpc) is 3.66. The summed E-state index contributed by atoms with van der Waals surface area (Å²) in [6.07, 6.45) is 4.32. The minimum absolute atomic E-state index is 0.0234. The zero-order chi connectivity index (χ0) is 22.9. The van der Waals surface area contributed by atoms with E-state index in [1.807, 2.05) is 19.1 Å². The van der Waals surface area contributed by atoms with Crippen LogP contribution in [-0.2, 0) is 6.42 Å². The predicted octanol–water partition coefficient (Wildman–Crippen LogP) is 4.61. The number of amides is 1. The largest absolute Gasteiger partial charge is 0.493 e. The molecule has 1 fully saturated rings. The van der Waals surface area contributed by atoms with Crippen LogP contribution in [0.15, 0.2) is 46.5 Å². The molecule has 8 heteroatoms. The zero-order valence-electron chi connectivity index (χ0n) is 19.1. The molecule has 1 atom stereocenters. The van der Waals surface area contributed by atoms with E-state index < -0.39 is 0 Å². The number of hydrogen-bond donors (Lipinski definition) is 1. The van der Waals surface area contributed by atoms with Crippen LogP contribution < -0.4 is 19.8 Å². The van der Waals surface area contributed by atoms with Gasteiger partial charge < -0.3 is 14.4 Å². The molecule has 1 saturated carbocycles. The summed E-state index contributed by atoms with van der Waals surface area (Å²) in [6, 6.07) is 12.9. The van der Waals surface area contributed by atoms with Gasteiger partial charge in [-0.2, -0.15) is 5.10 Å². The highest BCUT2D eigenvalue weighted by atomic mass is 32.2. The lowest BCUT2D eigenvalue weighted by molar-refractivity contribution is 0.261. The van der Waals surface area contributed by atoms with E-state index in [0.29, 0.717) is 17.5 Å². The van der Waals surface area contributed by atoms with Gasteiger partial charge in [-0.3, -0.25) is 9.79 Å². The van der Waals surface area contributed by atoms with Crippen molar-refractivity contribution in [3.63, 3.8) is 0 Å². The summed E-state index contributed by atoms with van der Waals surface area (Å²) in [5, 5.41) is 4.25. The Bertz CT molecular complexity index is 1140. The molecule has 0 radical (unpaired) electrons. The molecule has 2 aromatic carbocycles. The summed E-state index contributed by atoms with van der Waals surface area (Å²) in [7, 11) is 3.31. The fourth-order valence-corrected chi connectivity index (χ4v) is 5.09. The second-order valence-electron chi connectivity index (χ2n) is 8.51. The van der Waals surface area contributed by atoms with Gasteiger partial charge in [-0.15, -0.1) is 0 Å². The van der Waals surface area contributed by atoms with Crippen molar-refractivity contribution in [1.82, 2.24) is 5.43 Å². The lowest BCUT2D eigenvalue weighted by Crippen LogP contribution is -2.37.